The Morgan fingerprint density at radius 2 is 2.04 bits per heavy atom. The maximum Gasteiger partial charge on any atom is 0.192 e. The molecule has 1 saturated carbocycles. The molecule has 1 fully saturated rings. The molecule has 1 aliphatic heterocycles. The van der Waals surface area contributed by atoms with Crippen LogP contribution < -0.4 is 4.74 Å². The second-order valence-corrected chi connectivity index (χ2v) is 7.54. The van der Waals surface area contributed by atoms with Gasteiger partial charge in [-0.3, -0.25) is 9.55 Å². The zero-order valence-corrected chi connectivity index (χ0v) is 15.3. The molecular formula is C19H17FN4O2S. The Kier molecular flexibility index (Phi) is 4.29. The predicted octanol–water partition coefficient (Wildman–Crippen LogP) is 3.97. The zero-order chi connectivity index (χ0) is 18.2. The summed E-state index contributed by atoms with van der Waals surface area (Å²) >= 11 is 1.55. The Hall–Kier alpha value is -2.45. The molecule has 5 rings (SSSR count). The second kappa shape index (κ2) is 6.94. The summed E-state index contributed by atoms with van der Waals surface area (Å²) in [5, 5.41) is 9.65. The van der Waals surface area contributed by atoms with Crippen LogP contribution in [0.2, 0.25) is 0 Å². The summed E-state index contributed by atoms with van der Waals surface area (Å²) in [6, 6.07) is 7.30. The van der Waals surface area contributed by atoms with Crippen molar-refractivity contribution in [3.05, 3.63) is 53.6 Å². The number of thioether (sulfide) groups is 1. The fourth-order valence-corrected chi connectivity index (χ4v) is 4.21. The second-order valence-electron chi connectivity index (χ2n) is 6.60. The third-order valence-electron chi connectivity index (χ3n) is 4.62. The number of fused-ring (bicyclic) bond motifs is 1. The van der Waals surface area contributed by atoms with Gasteiger partial charge in [0.05, 0.1) is 6.61 Å². The third kappa shape index (κ3) is 3.30. The van der Waals surface area contributed by atoms with E-state index < -0.39 is 0 Å². The lowest BCUT2D eigenvalue weighted by atomic mass is 10.1. The van der Waals surface area contributed by atoms with E-state index in [1.807, 2.05) is 12.1 Å². The van der Waals surface area contributed by atoms with Crippen molar-refractivity contribution in [2.24, 2.45) is 0 Å². The van der Waals surface area contributed by atoms with E-state index in [2.05, 4.69) is 19.7 Å². The van der Waals surface area contributed by atoms with Gasteiger partial charge in [-0.1, -0.05) is 11.8 Å². The van der Waals surface area contributed by atoms with Crippen molar-refractivity contribution in [1.82, 2.24) is 19.7 Å². The van der Waals surface area contributed by atoms with E-state index in [9.17, 15) is 4.39 Å². The van der Waals surface area contributed by atoms with Crippen LogP contribution in [0.4, 0.5) is 4.39 Å². The van der Waals surface area contributed by atoms with Crippen LogP contribution >= 0.6 is 11.8 Å². The number of hydrogen-bond acceptors (Lipinski definition) is 6. The average molecular weight is 384 g/mol. The fraction of sp³-hybridized carbons (Fsp3) is 0.316. The standard InChI is InChI=1S/C19H17FN4O2S/c20-15-7-13-9-25-11-26-17(13)14(8-15)10-27-19-23-22-18(24(19)16-1-2-16)12-3-5-21-6-4-12/h3-8,16H,1-2,9-11H2. The van der Waals surface area contributed by atoms with Gasteiger partial charge in [0.1, 0.15) is 11.6 Å². The van der Waals surface area contributed by atoms with E-state index in [4.69, 9.17) is 9.47 Å². The molecule has 27 heavy (non-hydrogen) atoms. The Morgan fingerprint density at radius 3 is 2.85 bits per heavy atom. The topological polar surface area (TPSA) is 62.1 Å². The van der Waals surface area contributed by atoms with Crippen LogP contribution in [0.5, 0.6) is 5.75 Å². The molecule has 3 heterocycles. The summed E-state index contributed by atoms with van der Waals surface area (Å²) in [5.41, 5.74) is 2.56. The van der Waals surface area contributed by atoms with E-state index >= 15 is 0 Å². The van der Waals surface area contributed by atoms with Crippen LogP contribution in [0.1, 0.15) is 30.0 Å². The van der Waals surface area contributed by atoms with Crippen molar-refractivity contribution >= 4 is 11.8 Å². The highest BCUT2D eigenvalue weighted by atomic mass is 32.2. The van der Waals surface area contributed by atoms with E-state index in [0.29, 0.717) is 18.4 Å². The minimum Gasteiger partial charge on any atom is -0.467 e. The fourth-order valence-electron chi connectivity index (χ4n) is 3.24. The quantitative estimate of drug-likeness (QED) is 0.620. The van der Waals surface area contributed by atoms with Crippen molar-refractivity contribution < 1.29 is 13.9 Å². The first-order valence-corrected chi connectivity index (χ1v) is 9.78. The largest absolute Gasteiger partial charge is 0.467 e. The lowest BCUT2D eigenvalue weighted by Gasteiger charge is -2.20. The van der Waals surface area contributed by atoms with Crippen LogP contribution in [0.15, 0.2) is 41.8 Å². The van der Waals surface area contributed by atoms with E-state index in [1.54, 1.807) is 24.2 Å². The lowest BCUT2D eigenvalue weighted by Crippen LogP contribution is -2.13. The van der Waals surface area contributed by atoms with Crippen LogP contribution in [-0.4, -0.2) is 26.5 Å². The van der Waals surface area contributed by atoms with Gasteiger partial charge in [0, 0.05) is 40.9 Å². The predicted molar refractivity (Wildman–Crippen MR) is 97.8 cm³/mol. The summed E-state index contributed by atoms with van der Waals surface area (Å²) < 4.78 is 27.0. The van der Waals surface area contributed by atoms with Gasteiger partial charge in [0.2, 0.25) is 0 Å². The SMILES string of the molecule is Fc1cc2c(c(CSc3nnc(-c4ccncc4)n3C3CC3)c1)OCOC2. The first kappa shape index (κ1) is 16.7. The summed E-state index contributed by atoms with van der Waals surface area (Å²) in [6.07, 6.45) is 5.76. The lowest BCUT2D eigenvalue weighted by molar-refractivity contribution is -0.0171. The number of hydrogen-bond donors (Lipinski definition) is 0. The summed E-state index contributed by atoms with van der Waals surface area (Å²) in [4.78, 5) is 4.07. The molecule has 1 aliphatic carbocycles. The zero-order valence-electron chi connectivity index (χ0n) is 14.5. The van der Waals surface area contributed by atoms with Gasteiger partial charge in [0.25, 0.3) is 0 Å². The Labute approximate surface area is 159 Å². The molecule has 0 unspecified atom stereocenters. The minimum atomic E-state index is -0.278. The van der Waals surface area contributed by atoms with Crippen LogP contribution in [0, 0.1) is 5.82 Å². The Bertz CT molecular complexity index is 975. The summed E-state index contributed by atoms with van der Waals surface area (Å²) in [7, 11) is 0. The number of benzene rings is 1. The first-order chi connectivity index (χ1) is 13.3. The highest BCUT2D eigenvalue weighted by Gasteiger charge is 2.30. The normalized spacial score (nSPS) is 16.0. The number of ether oxygens (including phenoxy) is 2. The summed E-state index contributed by atoms with van der Waals surface area (Å²) in [6.45, 7) is 0.565. The molecule has 0 bridgehead atoms. The van der Waals surface area contributed by atoms with E-state index in [1.165, 1.54) is 12.1 Å². The van der Waals surface area contributed by atoms with Crippen LogP contribution in [0.3, 0.4) is 0 Å². The van der Waals surface area contributed by atoms with E-state index in [0.717, 1.165) is 46.3 Å². The monoisotopic (exact) mass is 384 g/mol. The van der Waals surface area contributed by atoms with Crippen molar-refractivity contribution in [2.45, 2.75) is 36.4 Å². The Morgan fingerprint density at radius 1 is 1.19 bits per heavy atom. The molecule has 0 atom stereocenters. The van der Waals surface area contributed by atoms with Gasteiger partial charge in [0.15, 0.2) is 17.8 Å². The van der Waals surface area contributed by atoms with Crippen molar-refractivity contribution in [3.8, 4) is 17.1 Å². The number of aromatic nitrogens is 4. The minimum absolute atomic E-state index is 0.195. The molecule has 1 aromatic carbocycles. The average Bonchev–Trinajstić information content (AvgIpc) is 3.45. The molecular weight excluding hydrogens is 367 g/mol. The first-order valence-electron chi connectivity index (χ1n) is 8.79. The van der Waals surface area contributed by atoms with Gasteiger partial charge in [-0.15, -0.1) is 10.2 Å². The molecule has 2 aliphatic rings. The van der Waals surface area contributed by atoms with Gasteiger partial charge in [-0.25, -0.2) is 4.39 Å². The van der Waals surface area contributed by atoms with Crippen molar-refractivity contribution in [1.29, 1.82) is 0 Å². The van der Waals surface area contributed by atoms with Gasteiger partial charge >= 0.3 is 0 Å². The molecule has 6 nitrogen and oxygen atoms in total. The molecule has 0 N–H and O–H groups in total. The molecule has 2 aromatic heterocycles. The molecule has 138 valence electrons. The molecule has 8 heteroatoms. The molecule has 0 saturated heterocycles. The van der Waals surface area contributed by atoms with Crippen LogP contribution in [0.25, 0.3) is 11.4 Å². The summed E-state index contributed by atoms with van der Waals surface area (Å²) in [5.74, 6) is 1.86. The third-order valence-corrected chi connectivity index (χ3v) is 5.62. The number of halogens is 1. The van der Waals surface area contributed by atoms with Crippen molar-refractivity contribution in [2.75, 3.05) is 6.79 Å². The highest BCUT2D eigenvalue weighted by molar-refractivity contribution is 7.98. The molecule has 0 radical (unpaired) electrons. The van der Waals surface area contributed by atoms with E-state index in [-0.39, 0.29) is 12.6 Å². The highest BCUT2D eigenvalue weighted by Crippen LogP contribution is 2.42. The maximum absolute atomic E-state index is 14.0. The van der Waals surface area contributed by atoms with Gasteiger partial charge < -0.3 is 9.47 Å². The molecule has 0 amide bonds. The number of pyridine rings is 1. The van der Waals surface area contributed by atoms with Crippen molar-refractivity contribution in [3.63, 3.8) is 0 Å². The number of rotatable bonds is 5. The van der Waals surface area contributed by atoms with Crippen LogP contribution in [-0.2, 0) is 17.1 Å². The number of nitrogens with zero attached hydrogens (tertiary/aromatic N) is 4. The smallest absolute Gasteiger partial charge is 0.192 e. The van der Waals surface area contributed by atoms with Gasteiger partial charge in [-0.05, 0) is 37.1 Å². The Balaban J connectivity index is 1.44. The molecule has 0 spiro atoms. The molecule has 3 aromatic rings. The van der Waals surface area contributed by atoms with Gasteiger partial charge in [-0.2, -0.15) is 0 Å². The maximum atomic E-state index is 14.0.